The number of nitrogens with zero attached hydrogens (tertiary/aromatic N) is 2. The van der Waals surface area contributed by atoms with Gasteiger partial charge in [-0.3, -0.25) is 4.79 Å². The number of benzene rings is 3. The van der Waals surface area contributed by atoms with Crippen molar-refractivity contribution in [3.05, 3.63) is 94.5 Å². The minimum atomic E-state index is -0.893. The molecule has 1 aliphatic heterocycles. The molecule has 3 N–H and O–H groups in total. The summed E-state index contributed by atoms with van der Waals surface area (Å²) in [6.07, 6.45) is -0.893. The lowest BCUT2D eigenvalue weighted by molar-refractivity contribution is -0.119. The molecule has 1 amide bonds. The quantitative estimate of drug-likeness (QED) is 0.374. The van der Waals surface area contributed by atoms with Gasteiger partial charge in [-0.25, -0.2) is 4.99 Å². The summed E-state index contributed by atoms with van der Waals surface area (Å²) in [6, 6.07) is 23.4. The average Bonchev–Trinajstić information content (AvgIpc) is 2.97. The van der Waals surface area contributed by atoms with Crippen LogP contribution in [0.1, 0.15) is 30.5 Å². The van der Waals surface area contributed by atoms with Gasteiger partial charge in [0.2, 0.25) is 6.17 Å². The Bertz CT molecular complexity index is 1280. The Balaban J connectivity index is 1.53. The monoisotopic (exact) mass is 519 g/mol. The molecule has 1 aliphatic rings. The largest absolute Gasteiger partial charge is 0.385 e. The van der Waals surface area contributed by atoms with Crippen LogP contribution in [-0.4, -0.2) is 36.5 Å². The maximum atomic E-state index is 13.4. The number of anilines is 2. The lowest BCUT2D eigenvalue weighted by Gasteiger charge is -2.22. The molecule has 0 bridgehead atoms. The van der Waals surface area contributed by atoms with Crippen LogP contribution in [0.5, 0.6) is 0 Å². The van der Waals surface area contributed by atoms with Gasteiger partial charge in [0.1, 0.15) is 0 Å². The van der Waals surface area contributed by atoms with Gasteiger partial charge in [0.25, 0.3) is 5.91 Å². The molecule has 3 aromatic carbocycles. The molecule has 6 nitrogen and oxygen atoms in total. The number of halogens is 1. The van der Waals surface area contributed by atoms with E-state index in [0.29, 0.717) is 28.3 Å². The van der Waals surface area contributed by atoms with Gasteiger partial charge in [-0.1, -0.05) is 67.9 Å². The number of likely N-dealkylation sites (N-methyl/N-ethyl adjacent to an activating group) is 1. The first-order chi connectivity index (χ1) is 17.3. The smallest absolute Gasteiger partial charge is 0.272 e. The first-order valence-electron chi connectivity index (χ1n) is 11.9. The summed E-state index contributed by atoms with van der Waals surface area (Å²) < 4.78 is 0. The molecule has 3 aromatic rings. The van der Waals surface area contributed by atoms with E-state index in [1.54, 1.807) is 18.0 Å². The van der Waals surface area contributed by atoms with E-state index >= 15 is 0 Å². The topological polar surface area (TPSA) is 68.8 Å². The summed E-state index contributed by atoms with van der Waals surface area (Å²) in [7, 11) is 1.74. The van der Waals surface area contributed by atoms with Crippen molar-refractivity contribution in [1.29, 1.82) is 0 Å². The zero-order valence-corrected chi connectivity index (χ0v) is 22.2. The summed E-state index contributed by atoms with van der Waals surface area (Å²) >= 11 is 11.9. The average molecular weight is 520 g/mol. The predicted molar refractivity (Wildman–Crippen MR) is 153 cm³/mol. The van der Waals surface area contributed by atoms with Gasteiger partial charge in [-0.2, -0.15) is 0 Å². The number of aliphatic imine (C=N–C) groups is 1. The Morgan fingerprint density at radius 1 is 1.08 bits per heavy atom. The van der Waals surface area contributed by atoms with Crippen LogP contribution in [0.15, 0.2) is 77.8 Å². The van der Waals surface area contributed by atoms with Gasteiger partial charge in [0.15, 0.2) is 5.11 Å². The molecule has 4 rings (SSSR count). The molecule has 0 aliphatic carbocycles. The normalized spacial score (nSPS) is 15.1. The maximum Gasteiger partial charge on any atom is 0.272 e. The van der Waals surface area contributed by atoms with Crippen molar-refractivity contribution in [3.63, 3.8) is 0 Å². The van der Waals surface area contributed by atoms with Crippen molar-refractivity contribution >= 4 is 51.9 Å². The second-order valence-electron chi connectivity index (χ2n) is 9.11. The minimum absolute atomic E-state index is 0.214. The maximum absolute atomic E-state index is 13.4. The van der Waals surface area contributed by atoms with E-state index in [-0.39, 0.29) is 5.91 Å². The minimum Gasteiger partial charge on any atom is -0.385 e. The number of carbonyl (C=O) groups is 1. The highest BCUT2D eigenvalue weighted by Gasteiger charge is 2.30. The van der Waals surface area contributed by atoms with Gasteiger partial charge >= 0.3 is 0 Å². The zero-order valence-electron chi connectivity index (χ0n) is 20.6. The van der Waals surface area contributed by atoms with E-state index in [2.05, 4.69) is 35.9 Å². The van der Waals surface area contributed by atoms with Crippen LogP contribution in [0.2, 0.25) is 5.02 Å². The molecule has 1 unspecified atom stereocenters. The number of thiocarbonyl (C=S) groups is 1. The van der Waals surface area contributed by atoms with Crippen molar-refractivity contribution in [2.24, 2.45) is 10.9 Å². The molecular formula is C28H30ClN5OS. The second-order valence-corrected chi connectivity index (χ2v) is 9.95. The number of hydrogen-bond donors (Lipinski definition) is 3. The molecule has 0 fully saturated rings. The molecule has 0 aromatic heterocycles. The summed E-state index contributed by atoms with van der Waals surface area (Å²) in [4.78, 5) is 19.8. The van der Waals surface area contributed by atoms with Crippen molar-refractivity contribution in [2.45, 2.75) is 26.6 Å². The predicted octanol–water partition coefficient (Wildman–Crippen LogP) is 5.21. The van der Waals surface area contributed by atoms with Crippen LogP contribution in [0.4, 0.5) is 11.4 Å². The van der Waals surface area contributed by atoms with Crippen LogP contribution < -0.4 is 20.9 Å². The van der Waals surface area contributed by atoms with Gasteiger partial charge in [-0.05, 0) is 54.0 Å². The van der Waals surface area contributed by atoms with Crippen LogP contribution in [-0.2, 0) is 11.3 Å². The van der Waals surface area contributed by atoms with Gasteiger partial charge in [0, 0.05) is 42.0 Å². The van der Waals surface area contributed by atoms with Crippen molar-refractivity contribution < 1.29 is 4.79 Å². The van der Waals surface area contributed by atoms with E-state index in [9.17, 15) is 4.79 Å². The summed E-state index contributed by atoms with van der Waals surface area (Å²) in [5, 5.41) is 10.7. The third-order valence-electron chi connectivity index (χ3n) is 5.81. The molecule has 8 heteroatoms. The van der Waals surface area contributed by atoms with Crippen LogP contribution >= 0.6 is 23.8 Å². The van der Waals surface area contributed by atoms with E-state index in [1.807, 2.05) is 60.7 Å². The number of carbonyl (C=O) groups excluding carboxylic acids is 1. The Labute approximate surface area is 222 Å². The first kappa shape index (κ1) is 25.7. The van der Waals surface area contributed by atoms with Crippen molar-refractivity contribution in [1.82, 2.24) is 10.6 Å². The number of rotatable bonds is 7. The fourth-order valence-electron chi connectivity index (χ4n) is 3.94. The Morgan fingerprint density at radius 3 is 2.61 bits per heavy atom. The molecule has 1 atom stereocenters. The molecule has 0 saturated heterocycles. The highest BCUT2D eigenvalue weighted by molar-refractivity contribution is 7.80. The molecule has 0 radical (unpaired) electrons. The van der Waals surface area contributed by atoms with Gasteiger partial charge in [-0.15, -0.1) is 0 Å². The summed E-state index contributed by atoms with van der Waals surface area (Å²) in [5.74, 6) is 0.343. The number of hydrogen-bond acceptors (Lipinski definition) is 4. The number of fused-ring (bicyclic) bond motifs is 1. The highest BCUT2D eigenvalue weighted by atomic mass is 35.5. The fraction of sp³-hybridized carbons (Fsp3) is 0.250. The van der Waals surface area contributed by atoms with Crippen LogP contribution in [0, 0.1) is 5.92 Å². The van der Waals surface area contributed by atoms with E-state index < -0.39 is 6.17 Å². The SMILES string of the molecule is CC(C)CNc1cccc(CNC(=S)NC2N=C(c3ccccc3)c3cc(Cl)ccc3N(C)C2=O)c1. The Morgan fingerprint density at radius 2 is 1.86 bits per heavy atom. The summed E-state index contributed by atoms with van der Waals surface area (Å²) in [5.41, 5.74) is 5.23. The lowest BCUT2D eigenvalue weighted by Crippen LogP contribution is -2.49. The van der Waals surface area contributed by atoms with E-state index in [1.165, 1.54) is 0 Å². The molecule has 186 valence electrons. The third-order valence-corrected chi connectivity index (χ3v) is 6.30. The van der Waals surface area contributed by atoms with E-state index in [4.69, 9.17) is 28.8 Å². The lowest BCUT2D eigenvalue weighted by atomic mass is 10.0. The van der Waals surface area contributed by atoms with E-state index in [0.717, 1.165) is 34.6 Å². The fourth-order valence-corrected chi connectivity index (χ4v) is 4.29. The van der Waals surface area contributed by atoms with Gasteiger partial charge < -0.3 is 20.9 Å². The first-order valence-corrected chi connectivity index (χ1v) is 12.7. The highest BCUT2D eigenvalue weighted by Crippen LogP contribution is 2.29. The molecule has 0 saturated carbocycles. The molecule has 0 spiro atoms. The van der Waals surface area contributed by atoms with Crippen LogP contribution in [0.3, 0.4) is 0 Å². The second kappa shape index (κ2) is 11.5. The zero-order chi connectivity index (χ0) is 25.7. The molecular weight excluding hydrogens is 490 g/mol. The van der Waals surface area contributed by atoms with Crippen molar-refractivity contribution in [2.75, 3.05) is 23.8 Å². The molecule has 1 heterocycles. The molecule has 36 heavy (non-hydrogen) atoms. The number of amides is 1. The van der Waals surface area contributed by atoms with Gasteiger partial charge in [0.05, 0.1) is 11.4 Å². The Kier molecular flexibility index (Phi) is 8.23. The number of benzodiazepines with no additional fused rings is 1. The number of nitrogens with one attached hydrogen (secondary N) is 3. The Hall–Kier alpha value is -3.42. The third kappa shape index (κ3) is 6.22. The summed E-state index contributed by atoms with van der Waals surface area (Å²) in [6.45, 7) is 5.77. The van der Waals surface area contributed by atoms with Crippen LogP contribution in [0.25, 0.3) is 0 Å². The van der Waals surface area contributed by atoms with Crippen molar-refractivity contribution in [3.8, 4) is 0 Å². The standard InChI is InChI=1S/C28H30ClN5OS/c1-18(2)16-30-22-11-7-8-19(14-22)17-31-28(36)33-26-27(35)34(3)24-13-12-21(29)15-23(24)25(32-26)20-9-5-4-6-10-20/h4-15,18,26,30H,16-17H2,1-3H3,(H2,31,33,36).